The number of nitrogens with one attached hydrogen (secondary N) is 1. The molecule has 94 valence electrons. The zero-order valence-electron chi connectivity index (χ0n) is 9.75. The van der Waals surface area contributed by atoms with Crippen molar-refractivity contribution in [2.75, 3.05) is 11.9 Å². The summed E-state index contributed by atoms with van der Waals surface area (Å²) in [4.78, 5) is 12.5. The third kappa shape index (κ3) is 2.98. The zero-order valence-corrected chi connectivity index (χ0v) is 10.6. The maximum atomic E-state index is 5.55. The number of thiocarbonyl (C=S) groups is 1. The Balaban J connectivity index is 1.96. The van der Waals surface area contributed by atoms with Gasteiger partial charge in [0.25, 0.3) is 0 Å². The zero-order chi connectivity index (χ0) is 13.0. The minimum atomic E-state index is 0.209. The lowest BCUT2D eigenvalue weighted by molar-refractivity contribution is 0.387. The van der Waals surface area contributed by atoms with Gasteiger partial charge in [-0.15, -0.1) is 0 Å². The SMILES string of the molecule is Cc1nc(CCNc2nccnc2C(N)=S)no1. The van der Waals surface area contributed by atoms with Crippen LogP contribution in [0, 0.1) is 6.92 Å². The van der Waals surface area contributed by atoms with Crippen LogP contribution in [-0.2, 0) is 6.42 Å². The van der Waals surface area contributed by atoms with E-state index in [0.29, 0.717) is 36.2 Å². The molecule has 0 aliphatic heterocycles. The van der Waals surface area contributed by atoms with Gasteiger partial charge in [-0.25, -0.2) is 9.97 Å². The molecule has 0 aliphatic carbocycles. The van der Waals surface area contributed by atoms with Crippen molar-refractivity contribution in [3.8, 4) is 0 Å². The van der Waals surface area contributed by atoms with E-state index in [2.05, 4.69) is 25.4 Å². The predicted molar refractivity (Wildman–Crippen MR) is 69.1 cm³/mol. The van der Waals surface area contributed by atoms with Gasteiger partial charge in [0, 0.05) is 32.3 Å². The highest BCUT2D eigenvalue weighted by Crippen LogP contribution is 2.07. The standard InChI is InChI=1S/C10H12N6OS/c1-6-15-7(16-17-6)2-3-13-10-8(9(11)18)12-4-5-14-10/h4-5H,2-3H2,1H3,(H2,11,18)(H,13,14). The molecular formula is C10H12N6OS. The highest BCUT2D eigenvalue weighted by atomic mass is 32.1. The van der Waals surface area contributed by atoms with Crippen LogP contribution in [0.3, 0.4) is 0 Å². The van der Waals surface area contributed by atoms with Crippen LogP contribution in [0.5, 0.6) is 0 Å². The van der Waals surface area contributed by atoms with Gasteiger partial charge in [0.15, 0.2) is 11.6 Å². The number of aromatic nitrogens is 4. The Hall–Kier alpha value is -2.09. The van der Waals surface area contributed by atoms with Crippen molar-refractivity contribution in [1.82, 2.24) is 20.1 Å². The molecule has 2 heterocycles. The molecule has 3 N–H and O–H groups in total. The molecule has 0 unspecified atom stereocenters. The fourth-order valence-corrected chi connectivity index (χ4v) is 1.53. The quantitative estimate of drug-likeness (QED) is 0.751. The van der Waals surface area contributed by atoms with E-state index in [-0.39, 0.29) is 4.99 Å². The molecule has 18 heavy (non-hydrogen) atoms. The van der Waals surface area contributed by atoms with Crippen LogP contribution in [-0.4, -0.2) is 31.6 Å². The molecule has 0 amide bonds. The number of aryl methyl sites for hydroxylation is 1. The number of anilines is 1. The monoisotopic (exact) mass is 264 g/mol. The van der Waals surface area contributed by atoms with Gasteiger partial charge in [0.05, 0.1) is 0 Å². The Morgan fingerprint density at radius 1 is 1.44 bits per heavy atom. The van der Waals surface area contributed by atoms with Gasteiger partial charge in [-0.05, 0) is 0 Å². The van der Waals surface area contributed by atoms with E-state index in [4.69, 9.17) is 22.5 Å². The first-order valence-electron chi connectivity index (χ1n) is 5.30. The van der Waals surface area contributed by atoms with E-state index in [9.17, 15) is 0 Å². The average molecular weight is 264 g/mol. The van der Waals surface area contributed by atoms with Crippen molar-refractivity contribution in [3.63, 3.8) is 0 Å². The van der Waals surface area contributed by atoms with Crippen LogP contribution in [0.1, 0.15) is 17.4 Å². The van der Waals surface area contributed by atoms with E-state index >= 15 is 0 Å². The van der Waals surface area contributed by atoms with Gasteiger partial charge in [0.1, 0.15) is 10.7 Å². The molecule has 0 bridgehead atoms. The molecule has 2 aromatic heterocycles. The minimum absolute atomic E-state index is 0.209. The summed E-state index contributed by atoms with van der Waals surface area (Å²) in [7, 11) is 0. The molecule has 8 heteroatoms. The van der Waals surface area contributed by atoms with Gasteiger partial charge in [0.2, 0.25) is 5.89 Å². The van der Waals surface area contributed by atoms with Crippen molar-refractivity contribution < 1.29 is 4.52 Å². The minimum Gasteiger partial charge on any atom is -0.388 e. The van der Waals surface area contributed by atoms with Gasteiger partial charge in [-0.3, -0.25) is 0 Å². The molecule has 0 radical (unpaired) electrons. The Labute approximate surface area is 109 Å². The first kappa shape index (κ1) is 12.4. The van der Waals surface area contributed by atoms with E-state index in [1.54, 1.807) is 19.3 Å². The van der Waals surface area contributed by atoms with E-state index < -0.39 is 0 Å². The van der Waals surface area contributed by atoms with Gasteiger partial charge in [-0.1, -0.05) is 17.4 Å². The second-order valence-corrected chi connectivity index (χ2v) is 3.96. The summed E-state index contributed by atoms with van der Waals surface area (Å²) in [5.41, 5.74) is 6.03. The van der Waals surface area contributed by atoms with Crippen LogP contribution < -0.4 is 11.1 Å². The van der Waals surface area contributed by atoms with Crippen molar-refractivity contribution in [2.24, 2.45) is 5.73 Å². The van der Waals surface area contributed by atoms with E-state index in [0.717, 1.165) is 0 Å². The molecule has 0 saturated heterocycles. The Bertz CT molecular complexity index is 555. The number of hydrogen-bond acceptors (Lipinski definition) is 7. The third-order valence-corrected chi connectivity index (χ3v) is 2.34. The average Bonchev–Trinajstić information content (AvgIpc) is 2.75. The molecule has 0 atom stereocenters. The van der Waals surface area contributed by atoms with Gasteiger partial charge in [-0.2, -0.15) is 4.98 Å². The summed E-state index contributed by atoms with van der Waals surface area (Å²) in [5.74, 6) is 1.75. The Kier molecular flexibility index (Phi) is 3.78. The normalized spacial score (nSPS) is 10.3. The number of nitrogens with two attached hydrogens (primary N) is 1. The molecular weight excluding hydrogens is 252 g/mol. The number of nitrogens with zero attached hydrogens (tertiary/aromatic N) is 4. The van der Waals surface area contributed by atoms with E-state index in [1.165, 1.54) is 0 Å². The van der Waals surface area contributed by atoms with Crippen molar-refractivity contribution >= 4 is 23.0 Å². The second-order valence-electron chi connectivity index (χ2n) is 3.52. The fourth-order valence-electron chi connectivity index (χ4n) is 1.38. The van der Waals surface area contributed by atoms with Crippen LogP contribution in [0.25, 0.3) is 0 Å². The van der Waals surface area contributed by atoms with Crippen molar-refractivity contribution in [2.45, 2.75) is 13.3 Å². The van der Waals surface area contributed by atoms with Crippen molar-refractivity contribution in [3.05, 3.63) is 29.8 Å². The highest BCUT2D eigenvalue weighted by molar-refractivity contribution is 7.80. The smallest absolute Gasteiger partial charge is 0.223 e. The Morgan fingerprint density at radius 2 is 2.22 bits per heavy atom. The summed E-state index contributed by atoms with van der Waals surface area (Å²) in [6.45, 7) is 2.34. The summed E-state index contributed by atoms with van der Waals surface area (Å²) >= 11 is 4.89. The lowest BCUT2D eigenvalue weighted by Crippen LogP contribution is -2.17. The largest absolute Gasteiger partial charge is 0.388 e. The molecule has 0 spiro atoms. The van der Waals surface area contributed by atoms with Gasteiger partial charge < -0.3 is 15.6 Å². The molecule has 7 nitrogen and oxygen atoms in total. The summed E-state index contributed by atoms with van der Waals surface area (Å²) < 4.78 is 4.87. The summed E-state index contributed by atoms with van der Waals surface area (Å²) in [6.07, 6.45) is 3.73. The fraction of sp³-hybridized carbons (Fsp3) is 0.300. The van der Waals surface area contributed by atoms with E-state index in [1.807, 2.05) is 0 Å². The van der Waals surface area contributed by atoms with Crippen LogP contribution in [0.4, 0.5) is 5.82 Å². The predicted octanol–water partition coefficient (Wildman–Crippen LogP) is 0.457. The first-order valence-corrected chi connectivity index (χ1v) is 5.71. The maximum absolute atomic E-state index is 5.55. The molecule has 0 aliphatic rings. The number of hydrogen-bond donors (Lipinski definition) is 2. The summed E-state index contributed by atoms with van der Waals surface area (Å²) in [6, 6.07) is 0. The Morgan fingerprint density at radius 3 is 2.89 bits per heavy atom. The highest BCUT2D eigenvalue weighted by Gasteiger charge is 2.08. The van der Waals surface area contributed by atoms with Gasteiger partial charge >= 0.3 is 0 Å². The van der Waals surface area contributed by atoms with Crippen LogP contribution in [0.15, 0.2) is 16.9 Å². The lowest BCUT2D eigenvalue weighted by Gasteiger charge is -2.07. The number of rotatable bonds is 5. The first-order chi connectivity index (χ1) is 8.66. The molecule has 0 fully saturated rings. The topological polar surface area (TPSA) is 103 Å². The molecule has 0 aromatic carbocycles. The van der Waals surface area contributed by atoms with Crippen LogP contribution >= 0.6 is 12.2 Å². The maximum Gasteiger partial charge on any atom is 0.223 e. The summed E-state index contributed by atoms with van der Waals surface area (Å²) in [5, 5.41) is 6.88. The van der Waals surface area contributed by atoms with Crippen LogP contribution in [0.2, 0.25) is 0 Å². The molecule has 2 aromatic rings. The second kappa shape index (κ2) is 5.50. The van der Waals surface area contributed by atoms with Crippen molar-refractivity contribution in [1.29, 1.82) is 0 Å². The lowest BCUT2D eigenvalue weighted by atomic mass is 10.3. The third-order valence-electron chi connectivity index (χ3n) is 2.14. The molecule has 2 rings (SSSR count). The molecule has 0 saturated carbocycles.